The fraction of sp³-hybridized carbons (Fsp3) is 0.529. The molecule has 28 heavy (non-hydrogen) atoms. The highest BCUT2D eigenvalue weighted by molar-refractivity contribution is 7.54. The average Bonchev–Trinajstić information content (AvgIpc) is 2.68. The van der Waals surface area contributed by atoms with E-state index in [9.17, 15) is 19.1 Å². The normalized spacial score (nSPS) is 12.1. The van der Waals surface area contributed by atoms with E-state index in [1.54, 1.807) is 26.0 Å². The number of nitrogens with zero attached hydrogens (tertiary/aromatic N) is 2. The Labute approximate surface area is 164 Å². The molecule has 0 saturated heterocycles. The van der Waals surface area contributed by atoms with Crippen molar-refractivity contribution in [1.29, 1.82) is 0 Å². The Morgan fingerprint density at radius 2 is 1.79 bits per heavy atom. The van der Waals surface area contributed by atoms with Crippen LogP contribution in [0.25, 0.3) is 0 Å². The molecule has 1 atom stereocenters. The molecular weight excluding hydrogens is 389 g/mol. The van der Waals surface area contributed by atoms with Crippen LogP contribution in [0.1, 0.15) is 32.8 Å². The van der Waals surface area contributed by atoms with Gasteiger partial charge >= 0.3 is 19.6 Å². The third kappa shape index (κ3) is 7.75. The van der Waals surface area contributed by atoms with Crippen LogP contribution in [0.2, 0.25) is 0 Å². The second-order valence-electron chi connectivity index (χ2n) is 5.60. The Hall–Kier alpha value is -2.29. The smallest absolute Gasteiger partial charge is 0.352 e. The molecule has 1 aromatic carbocycles. The highest BCUT2D eigenvalue weighted by Gasteiger charge is 2.34. The molecule has 1 N–H and O–H groups in total. The third-order valence-electron chi connectivity index (χ3n) is 3.53. The molecule has 2 amide bonds. The zero-order valence-electron chi connectivity index (χ0n) is 16.2. The minimum atomic E-state index is -3.59. The minimum Gasteiger partial charge on any atom is -0.461 e. The summed E-state index contributed by atoms with van der Waals surface area (Å²) in [4.78, 5) is 34.9. The fourth-order valence-corrected chi connectivity index (χ4v) is 3.65. The van der Waals surface area contributed by atoms with Gasteiger partial charge in [-0.25, -0.2) is 4.79 Å². The molecule has 1 rings (SSSR count). The lowest BCUT2D eigenvalue weighted by Gasteiger charge is -2.25. The highest BCUT2D eigenvalue weighted by Crippen LogP contribution is 2.51. The largest absolute Gasteiger partial charge is 0.461 e. The van der Waals surface area contributed by atoms with E-state index < -0.39 is 25.4 Å². The number of esters is 1. The molecule has 0 aliphatic rings. The standard InChI is InChI=1S/C17H26N3O7P/c1-4-26-28(24,27-5-2)14(3)18-17(22)20(19-23)12-11-16(21)25-13-15-9-7-6-8-10-15/h6-10,14H,4-5,11-13H2,1-3H3,(H,18,22). The van der Waals surface area contributed by atoms with Gasteiger partial charge in [-0.05, 0) is 26.3 Å². The summed E-state index contributed by atoms with van der Waals surface area (Å²) in [5.74, 6) is -1.60. The number of hydrogen-bond donors (Lipinski definition) is 1. The molecule has 1 unspecified atom stereocenters. The Bertz CT molecular complexity index is 677. The monoisotopic (exact) mass is 415 g/mol. The number of urea groups is 1. The van der Waals surface area contributed by atoms with Crippen molar-refractivity contribution >= 4 is 19.6 Å². The Morgan fingerprint density at radius 1 is 1.18 bits per heavy atom. The lowest BCUT2D eigenvalue weighted by atomic mass is 10.2. The van der Waals surface area contributed by atoms with Crippen LogP contribution in [-0.2, 0) is 29.8 Å². The van der Waals surface area contributed by atoms with Gasteiger partial charge in [0.1, 0.15) is 12.4 Å². The average molecular weight is 415 g/mol. The molecule has 10 nitrogen and oxygen atoms in total. The van der Waals surface area contributed by atoms with Crippen LogP contribution in [0.3, 0.4) is 0 Å². The predicted octanol–water partition coefficient (Wildman–Crippen LogP) is 3.43. The molecule has 1 aromatic rings. The first-order valence-electron chi connectivity index (χ1n) is 8.85. The van der Waals surface area contributed by atoms with E-state index in [0.717, 1.165) is 5.56 Å². The number of hydrogen-bond acceptors (Lipinski definition) is 8. The first-order chi connectivity index (χ1) is 13.4. The molecule has 11 heteroatoms. The first kappa shape index (κ1) is 23.7. The van der Waals surface area contributed by atoms with Gasteiger partial charge in [-0.1, -0.05) is 30.3 Å². The topological polar surface area (TPSA) is 124 Å². The van der Waals surface area contributed by atoms with Crippen LogP contribution >= 0.6 is 7.60 Å². The number of carbonyl (C=O) groups is 2. The summed E-state index contributed by atoms with van der Waals surface area (Å²) in [5, 5.41) is 5.46. The van der Waals surface area contributed by atoms with Gasteiger partial charge in [-0.3, -0.25) is 9.36 Å². The lowest BCUT2D eigenvalue weighted by Crippen LogP contribution is -2.42. The summed E-state index contributed by atoms with van der Waals surface area (Å²) in [6, 6.07) is 8.16. The fourth-order valence-electron chi connectivity index (χ4n) is 2.14. The van der Waals surface area contributed by atoms with Crippen LogP contribution < -0.4 is 5.32 Å². The van der Waals surface area contributed by atoms with Gasteiger partial charge in [0.05, 0.1) is 31.5 Å². The number of nitrogens with one attached hydrogen (secondary N) is 1. The molecular formula is C17H26N3O7P. The first-order valence-corrected chi connectivity index (χ1v) is 10.5. The van der Waals surface area contributed by atoms with E-state index in [2.05, 4.69) is 10.6 Å². The maximum atomic E-state index is 12.6. The zero-order chi connectivity index (χ0) is 21.0. The maximum Gasteiger partial charge on any atom is 0.352 e. The van der Waals surface area contributed by atoms with Crippen molar-refractivity contribution in [3.8, 4) is 0 Å². The number of nitroso groups, excluding NO2 is 1. The Balaban J connectivity index is 2.52. The van der Waals surface area contributed by atoms with Gasteiger partial charge in [0.2, 0.25) is 0 Å². The van der Waals surface area contributed by atoms with Crippen LogP contribution in [0.4, 0.5) is 4.79 Å². The highest BCUT2D eigenvalue weighted by atomic mass is 31.2. The van der Waals surface area contributed by atoms with Gasteiger partial charge in [0.25, 0.3) is 0 Å². The molecule has 0 fully saturated rings. The van der Waals surface area contributed by atoms with Crippen molar-refractivity contribution in [3.05, 3.63) is 40.8 Å². The molecule has 0 radical (unpaired) electrons. The number of ether oxygens (including phenoxy) is 1. The van der Waals surface area contributed by atoms with Crippen molar-refractivity contribution in [2.75, 3.05) is 19.8 Å². The maximum absolute atomic E-state index is 12.6. The molecule has 156 valence electrons. The van der Waals surface area contributed by atoms with Crippen molar-refractivity contribution in [1.82, 2.24) is 10.3 Å². The summed E-state index contributed by atoms with van der Waals surface area (Å²) in [7, 11) is -3.59. The number of rotatable bonds is 12. The summed E-state index contributed by atoms with van der Waals surface area (Å²) in [5.41, 5.74) is 0.815. The summed E-state index contributed by atoms with van der Waals surface area (Å²) in [6.45, 7) is 4.76. The van der Waals surface area contributed by atoms with E-state index >= 15 is 0 Å². The van der Waals surface area contributed by atoms with Gasteiger partial charge in [0.15, 0.2) is 0 Å². The molecule has 0 aromatic heterocycles. The van der Waals surface area contributed by atoms with Crippen molar-refractivity contribution < 1.29 is 27.9 Å². The number of carbonyl (C=O) groups excluding carboxylic acids is 2. The molecule has 0 aliphatic carbocycles. The minimum absolute atomic E-state index is 0.0866. The summed E-state index contributed by atoms with van der Waals surface area (Å²) >= 11 is 0. The van der Waals surface area contributed by atoms with E-state index in [0.29, 0.717) is 5.01 Å². The quantitative estimate of drug-likeness (QED) is 0.240. The third-order valence-corrected chi connectivity index (χ3v) is 5.84. The molecule has 0 saturated carbocycles. The molecule has 0 heterocycles. The number of amides is 2. The van der Waals surface area contributed by atoms with E-state index in [-0.39, 0.29) is 32.8 Å². The van der Waals surface area contributed by atoms with Gasteiger partial charge in [-0.2, -0.15) is 5.01 Å². The van der Waals surface area contributed by atoms with Crippen LogP contribution in [0, 0.1) is 4.91 Å². The van der Waals surface area contributed by atoms with E-state index in [4.69, 9.17) is 13.8 Å². The zero-order valence-corrected chi connectivity index (χ0v) is 17.1. The van der Waals surface area contributed by atoms with Crippen LogP contribution in [-0.4, -0.2) is 42.6 Å². The van der Waals surface area contributed by atoms with E-state index in [1.807, 2.05) is 18.2 Å². The SMILES string of the molecule is CCOP(=O)(OCC)C(C)NC(=O)N(CCC(=O)OCc1ccccc1)N=O. The van der Waals surface area contributed by atoms with Gasteiger partial charge < -0.3 is 19.1 Å². The van der Waals surface area contributed by atoms with Gasteiger partial charge in [0, 0.05) is 0 Å². The predicted molar refractivity (Wildman–Crippen MR) is 102 cm³/mol. The summed E-state index contributed by atoms with van der Waals surface area (Å²) in [6.07, 6.45) is -0.227. The second-order valence-corrected chi connectivity index (χ2v) is 7.97. The second kappa shape index (κ2) is 12.2. The van der Waals surface area contributed by atoms with Gasteiger partial charge in [-0.15, -0.1) is 4.91 Å². The van der Waals surface area contributed by atoms with Crippen molar-refractivity contribution in [3.63, 3.8) is 0 Å². The van der Waals surface area contributed by atoms with Crippen molar-refractivity contribution in [2.45, 2.75) is 39.6 Å². The van der Waals surface area contributed by atoms with Crippen molar-refractivity contribution in [2.24, 2.45) is 5.29 Å². The lowest BCUT2D eigenvalue weighted by molar-refractivity contribution is -0.145. The number of benzene rings is 1. The molecule has 0 spiro atoms. The molecule has 0 bridgehead atoms. The van der Waals surface area contributed by atoms with E-state index in [1.165, 1.54) is 6.92 Å². The van der Waals surface area contributed by atoms with Crippen LogP contribution in [0.15, 0.2) is 35.6 Å². The summed E-state index contributed by atoms with van der Waals surface area (Å²) < 4.78 is 27.9. The molecule has 0 aliphatic heterocycles. The Morgan fingerprint density at radius 3 is 2.32 bits per heavy atom. The van der Waals surface area contributed by atoms with Crippen LogP contribution in [0.5, 0.6) is 0 Å². The Kier molecular flexibility index (Phi) is 10.4.